The van der Waals surface area contributed by atoms with Gasteiger partial charge in [0, 0.05) is 0 Å². The van der Waals surface area contributed by atoms with E-state index in [0.29, 0.717) is 23.7 Å². The molecule has 0 saturated heterocycles. The van der Waals surface area contributed by atoms with E-state index in [1.807, 2.05) is 24.3 Å². The summed E-state index contributed by atoms with van der Waals surface area (Å²) in [6.45, 7) is 0.407. The molecule has 0 spiro atoms. The van der Waals surface area contributed by atoms with Gasteiger partial charge in [0.1, 0.15) is 6.61 Å². The summed E-state index contributed by atoms with van der Waals surface area (Å²) in [6.07, 6.45) is 1.54. The molecule has 0 saturated carbocycles. The summed E-state index contributed by atoms with van der Waals surface area (Å²) in [5.41, 5.74) is 8.69. The van der Waals surface area contributed by atoms with Crippen LogP contribution in [0.5, 0.6) is 5.88 Å². The predicted molar refractivity (Wildman–Crippen MR) is 71.6 cm³/mol. The van der Waals surface area contributed by atoms with Gasteiger partial charge < -0.3 is 14.8 Å². The van der Waals surface area contributed by atoms with Crippen LogP contribution in [0.25, 0.3) is 11.2 Å². The van der Waals surface area contributed by atoms with Gasteiger partial charge >= 0.3 is 5.95 Å². The number of ether oxygens (including phenoxy) is 1. The maximum Gasteiger partial charge on any atom is 0.392 e. The number of fused-ring (bicyclic) bond motifs is 1. The van der Waals surface area contributed by atoms with Crippen LogP contribution in [0, 0.1) is 0 Å². The molecule has 0 atom stereocenters. The molecule has 0 radical (unpaired) electrons. The SMILES string of the molecule is Nc1nc2nc[nH]c2c(OCc2ccc(CO)cc2)[nH+]1. The lowest BCUT2D eigenvalue weighted by Gasteiger charge is -2.05. The first kappa shape index (κ1) is 12.4. The number of benzene rings is 1. The fraction of sp³-hybridized carbons (Fsp3) is 0.154. The number of H-pyrrole nitrogens is 2. The number of aliphatic hydroxyl groups is 1. The molecule has 0 aliphatic carbocycles. The van der Waals surface area contributed by atoms with Crippen molar-refractivity contribution in [1.82, 2.24) is 15.0 Å². The summed E-state index contributed by atoms with van der Waals surface area (Å²) in [5, 5.41) is 8.99. The second kappa shape index (κ2) is 5.14. The lowest BCUT2D eigenvalue weighted by Crippen LogP contribution is -2.17. The van der Waals surface area contributed by atoms with Gasteiger partial charge in [0.05, 0.1) is 12.9 Å². The monoisotopic (exact) mass is 272 g/mol. The second-order valence-electron chi connectivity index (χ2n) is 4.32. The maximum absolute atomic E-state index is 8.99. The number of aromatic nitrogens is 4. The van der Waals surface area contributed by atoms with Crippen molar-refractivity contribution in [3.05, 3.63) is 41.7 Å². The van der Waals surface area contributed by atoms with Crippen molar-refractivity contribution in [3.63, 3.8) is 0 Å². The molecule has 0 bridgehead atoms. The zero-order valence-electron chi connectivity index (χ0n) is 10.6. The standard InChI is InChI=1S/C13H13N5O2/c14-13-17-11-10(15-7-16-11)12(18-13)20-6-9-3-1-8(5-19)2-4-9/h1-4,7,19H,5-6H2,(H3,14,15,16,17,18)/p+1. The molecular weight excluding hydrogens is 258 g/mol. The second-order valence-corrected chi connectivity index (χ2v) is 4.32. The number of hydrogen-bond donors (Lipinski definition) is 3. The Morgan fingerprint density at radius 2 is 2.00 bits per heavy atom. The van der Waals surface area contributed by atoms with Gasteiger partial charge in [-0.25, -0.2) is 9.97 Å². The minimum atomic E-state index is 0.0323. The molecular formula is C13H14N5O2+. The molecule has 102 valence electrons. The Morgan fingerprint density at radius 3 is 2.75 bits per heavy atom. The van der Waals surface area contributed by atoms with Crippen LogP contribution in [0.2, 0.25) is 0 Å². The summed E-state index contributed by atoms with van der Waals surface area (Å²) in [7, 11) is 0. The molecule has 5 N–H and O–H groups in total. The first-order valence-corrected chi connectivity index (χ1v) is 6.09. The van der Waals surface area contributed by atoms with Crippen LogP contribution >= 0.6 is 0 Å². The smallest absolute Gasteiger partial charge is 0.392 e. The summed E-state index contributed by atoms with van der Waals surface area (Å²) in [5.74, 6) is 0.742. The van der Waals surface area contributed by atoms with Crippen LogP contribution in [-0.4, -0.2) is 20.1 Å². The predicted octanol–water partition coefficient (Wildman–Crippen LogP) is 0.425. The van der Waals surface area contributed by atoms with Crippen molar-refractivity contribution >= 4 is 17.1 Å². The molecule has 3 aromatic rings. The van der Waals surface area contributed by atoms with E-state index < -0.39 is 0 Å². The molecule has 0 fully saturated rings. The van der Waals surface area contributed by atoms with Crippen LogP contribution in [0.4, 0.5) is 5.95 Å². The number of aromatic amines is 2. The topological polar surface area (TPSA) is 111 Å². The van der Waals surface area contributed by atoms with E-state index in [2.05, 4.69) is 19.9 Å². The van der Waals surface area contributed by atoms with Gasteiger partial charge in [0.25, 0.3) is 11.5 Å². The maximum atomic E-state index is 8.99. The highest BCUT2D eigenvalue weighted by atomic mass is 16.5. The number of nitrogens with one attached hydrogen (secondary N) is 2. The fourth-order valence-electron chi connectivity index (χ4n) is 1.86. The number of nitrogen functional groups attached to an aromatic ring is 1. The van der Waals surface area contributed by atoms with Crippen molar-refractivity contribution < 1.29 is 14.8 Å². The normalized spacial score (nSPS) is 10.8. The van der Waals surface area contributed by atoms with E-state index in [9.17, 15) is 0 Å². The number of nitrogens with two attached hydrogens (primary N) is 1. The van der Waals surface area contributed by atoms with E-state index in [1.165, 1.54) is 6.33 Å². The fourth-order valence-corrected chi connectivity index (χ4v) is 1.86. The van der Waals surface area contributed by atoms with Crippen molar-refractivity contribution in [2.75, 3.05) is 5.73 Å². The highest BCUT2D eigenvalue weighted by molar-refractivity contribution is 5.74. The van der Waals surface area contributed by atoms with E-state index >= 15 is 0 Å². The van der Waals surface area contributed by atoms with E-state index in [1.54, 1.807) is 0 Å². The van der Waals surface area contributed by atoms with Gasteiger partial charge in [-0.15, -0.1) is 0 Å². The Bertz CT molecular complexity index is 723. The number of nitrogens with zero attached hydrogens (tertiary/aromatic N) is 2. The van der Waals surface area contributed by atoms with E-state index in [4.69, 9.17) is 15.6 Å². The third-order valence-electron chi connectivity index (χ3n) is 2.90. The summed E-state index contributed by atoms with van der Waals surface area (Å²) < 4.78 is 5.71. The molecule has 1 aromatic carbocycles. The van der Waals surface area contributed by atoms with Crippen LogP contribution < -0.4 is 15.5 Å². The highest BCUT2D eigenvalue weighted by Crippen LogP contribution is 2.17. The van der Waals surface area contributed by atoms with Gasteiger partial charge in [-0.05, 0) is 16.1 Å². The van der Waals surface area contributed by atoms with Crippen molar-refractivity contribution in [3.8, 4) is 5.88 Å². The molecule has 2 heterocycles. The van der Waals surface area contributed by atoms with Crippen LogP contribution in [0.15, 0.2) is 30.6 Å². The zero-order valence-corrected chi connectivity index (χ0v) is 10.6. The van der Waals surface area contributed by atoms with Gasteiger partial charge in [0.15, 0.2) is 5.52 Å². The summed E-state index contributed by atoms with van der Waals surface area (Å²) in [6, 6.07) is 7.52. The van der Waals surface area contributed by atoms with E-state index in [0.717, 1.165) is 11.1 Å². The Kier molecular flexibility index (Phi) is 3.18. The van der Waals surface area contributed by atoms with Gasteiger partial charge in [-0.2, -0.15) is 0 Å². The zero-order chi connectivity index (χ0) is 13.9. The first-order chi connectivity index (χ1) is 9.76. The minimum absolute atomic E-state index is 0.0323. The highest BCUT2D eigenvalue weighted by Gasteiger charge is 2.14. The minimum Gasteiger partial charge on any atom is -0.461 e. The lowest BCUT2D eigenvalue weighted by molar-refractivity contribution is -0.380. The molecule has 0 unspecified atom stereocenters. The molecule has 0 amide bonds. The summed E-state index contributed by atoms with van der Waals surface area (Å²) >= 11 is 0. The number of hydrogen-bond acceptors (Lipinski definition) is 5. The van der Waals surface area contributed by atoms with Crippen molar-refractivity contribution in [2.45, 2.75) is 13.2 Å². The number of rotatable bonds is 4. The molecule has 0 aliphatic rings. The Labute approximate surface area is 114 Å². The lowest BCUT2D eigenvalue weighted by atomic mass is 10.1. The van der Waals surface area contributed by atoms with Crippen molar-refractivity contribution in [1.29, 1.82) is 0 Å². The number of aliphatic hydroxyl groups excluding tert-OH is 1. The largest absolute Gasteiger partial charge is 0.461 e. The molecule has 20 heavy (non-hydrogen) atoms. The molecule has 0 aliphatic heterocycles. The average molecular weight is 272 g/mol. The van der Waals surface area contributed by atoms with Gasteiger partial charge in [0.2, 0.25) is 0 Å². The summed E-state index contributed by atoms with van der Waals surface area (Å²) in [4.78, 5) is 13.9. The Morgan fingerprint density at radius 1 is 1.25 bits per heavy atom. The molecule has 7 nitrogen and oxygen atoms in total. The third kappa shape index (κ3) is 2.39. The first-order valence-electron chi connectivity index (χ1n) is 6.09. The van der Waals surface area contributed by atoms with Gasteiger partial charge in [-0.3, -0.25) is 5.73 Å². The van der Waals surface area contributed by atoms with Crippen LogP contribution in [0.3, 0.4) is 0 Å². The molecule has 7 heteroatoms. The average Bonchev–Trinajstić information content (AvgIpc) is 2.93. The van der Waals surface area contributed by atoms with Gasteiger partial charge in [-0.1, -0.05) is 24.3 Å². The number of anilines is 1. The molecule has 3 rings (SSSR count). The van der Waals surface area contributed by atoms with E-state index in [-0.39, 0.29) is 12.6 Å². The Hall–Kier alpha value is -2.67. The van der Waals surface area contributed by atoms with Crippen LogP contribution in [0.1, 0.15) is 11.1 Å². The third-order valence-corrected chi connectivity index (χ3v) is 2.90. The Balaban J connectivity index is 1.80. The van der Waals surface area contributed by atoms with Crippen LogP contribution in [-0.2, 0) is 13.2 Å². The van der Waals surface area contributed by atoms with Crippen molar-refractivity contribution in [2.24, 2.45) is 0 Å². The number of imidazole rings is 1. The molecule has 2 aromatic heterocycles. The quantitative estimate of drug-likeness (QED) is 0.637.